The number of nitrogens with one attached hydrogen (secondary N) is 1. The molecule has 1 aliphatic carbocycles. The van der Waals surface area contributed by atoms with Crippen LogP contribution in [-0.2, 0) is 9.47 Å². The lowest BCUT2D eigenvalue weighted by atomic mass is 10.2. The van der Waals surface area contributed by atoms with Crippen molar-refractivity contribution in [1.82, 2.24) is 10.2 Å². The monoisotopic (exact) mass is 270 g/mol. The normalized spacial score (nSPS) is 23.8. The van der Waals surface area contributed by atoms with Gasteiger partial charge in [0, 0.05) is 32.3 Å². The van der Waals surface area contributed by atoms with Crippen molar-refractivity contribution in [2.45, 2.75) is 51.2 Å². The molecule has 0 radical (unpaired) electrons. The Morgan fingerprint density at radius 2 is 2.00 bits per heavy atom. The van der Waals surface area contributed by atoms with Crippen LogP contribution >= 0.6 is 0 Å². The summed E-state index contributed by atoms with van der Waals surface area (Å²) in [5.41, 5.74) is 0. The third-order valence-corrected chi connectivity index (χ3v) is 4.11. The second-order valence-electron chi connectivity index (χ2n) is 5.90. The molecule has 4 heteroatoms. The van der Waals surface area contributed by atoms with Crippen LogP contribution < -0.4 is 5.32 Å². The molecular formula is C15H30N2O2. The summed E-state index contributed by atoms with van der Waals surface area (Å²) in [6.45, 7) is 9.33. The molecule has 1 atom stereocenters. The van der Waals surface area contributed by atoms with Gasteiger partial charge in [-0.25, -0.2) is 0 Å². The Labute approximate surface area is 117 Å². The van der Waals surface area contributed by atoms with Crippen LogP contribution in [0.5, 0.6) is 0 Å². The van der Waals surface area contributed by atoms with Crippen molar-refractivity contribution in [3.8, 4) is 0 Å². The fourth-order valence-electron chi connectivity index (χ4n) is 2.96. The number of rotatable bonds is 8. The first-order valence-electron chi connectivity index (χ1n) is 7.99. The van der Waals surface area contributed by atoms with Crippen molar-refractivity contribution in [3.05, 3.63) is 0 Å². The minimum absolute atomic E-state index is 0.560. The molecule has 0 bridgehead atoms. The van der Waals surface area contributed by atoms with Crippen LogP contribution in [0.1, 0.15) is 39.0 Å². The molecule has 1 saturated heterocycles. The molecule has 2 rings (SSSR count). The summed E-state index contributed by atoms with van der Waals surface area (Å²) in [6, 6.07) is 0.560. The number of morpholine rings is 1. The Morgan fingerprint density at radius 3 is 2.74 bits per heavy atom. The van der Waals surface area contributed by atoms with Crippen LogP contribution in [-0.4, -0.2) is 63.0 Å². The Balaban J connectivity index is 1.43. The van der Waals surface area contributed by atoms with E-state index in [2.05, 4.69) is 17.1 Å². The summed E-state index contributed by atoms with van der Waals surface area (Å²) in [5.74, 6) is 0. The van der Waals surface area contributed by atoms with Crippen molar-refractivity contribution >= 4 is 0 Å². The van der Waals surface area contributed by atoms with Gasteiger partial charge in [-0.05, 0) is 32.7 Å². The highest BCUT2D eigenvalue weighted by Crippen LogP contribution is 2.20. The van der Waals surface area contributed by atoms with Crippen molar-refractivity contribution in [2.24, 2.45) is 0 Å². The lowest BCUT2D eigenvalue weighted by Crippen LogP contribution is -2.44. The zero-order chi connectivity index (χ0) is 13.3. The van der Waals surface area contributed by atoms with Gasteiger partial charge in [0.05, 0.1) is 19.3 Å². The average Bonchev–Trinajstić information content (AvgIpc) is 2.92. The molecule has 1 saturated carbocycles. The second kappa shape index (κ2) is 8.90. The summed E-state index contributed by atoms with van der Waals surface area (Å²) in [6.07, 6.45) is 6.97. The molecular weight excluding hydrogens is 240 g/mol. The van der Waals surface area contributed by atoms with Gasteiger partial charge in [-0.1, -0.05) is 12.8 Å². The highest BCUT2D eigenvalue weighted by atomic mass is 16.5. The summed E-state index contributed by atoms with van der Waals surface area (Å²) in [4.78, 5) is 2.48. The predicted octanol–water partition coefficient (Wildman–Crippen LogP) is 1.65. The lowest BCUT2D eigenvalue weighted by Gasteiger charge is -2.29. The van der Waals surface area contributed by atoms with Gasteiger partial charge in [-0.2, -0.15) is 0 Å². The molecule has 1 N–H and O–H groups in total. The van der Waals surface area contributed by atoms with E-state index in [0.717, 1.165) is 52.4 Å². The molecule has 0 aromatic carbocycles. The third-order valence-electron chi connectivity index (χ3n) is 4.11. The van der Waals surface area contributed by atoms with Crippen molar-refractivity contribution < 1.29 is 9.47 Å². The first-order chi connectivity index (χ1) is 9.34. The molecule has 0 spiro atoms. The van der Waals surface area contributed by atoms with E-state index < -0.39 is 0 Å². The van der Waals surface area contributed by atoms with Crippen LogP contribution in [0.15, 0.2) is 0 Å². The van der Waals surface area contributed by atoms with E-state index in [1.807, 2.05) is 0 Å². The van der Waals surface area contributed by atoms with Gasteiger partial charge in [0.25, 0.3) is 0 Å². The zero-order valence-electron chi connectivity index (χ0n) is 12.4. The molecule has 2 fully saturated rings. The van der Waals surface area contributed by atoms with E-state index in [0.29, 0.717) is 12.1 Å². The van der Waals surface area contributed by atoms with Gasteiger partial charge in [0.1, 0.15) is 0 Å². The molecule has 0 aromatic rings. The van der Waals surface area contributed by atoms with Gasteiger partial charge < -0.3 is 14.8 Å². The number of hydrogen-bond donors (Lipinski definition) is 1. The number of ether oxygens (including phenoxy) is 2. The molecule has 1 aliphatic heterocycles. The number of nitrogens with zero attached hydrogens (tertiary/aromatic N) is 1. The minimum Gasteiger partial charge on any atom is -0.379 e. The third kappa shape index (κ3) is 6.21. The topological polar surface area (TPSA) is 33.7 Å². The number of hydrogen-bond acceptors (Lipinski definition) is 4. The maximum absolute atomic E-state index is 5.87. The van der Waals surface area contributed by atoms with E-state index in [1.54, 1.807) is 0 Å². The van der Waals surface area contributed by atoms with Crippen LogP contribution in [0.2, 0.25) is 0 Å². The Kier molecular flexibility index (Phi) is 7.14. The maximum atomic E-state index is 5.87. The SMILES string of the molecule is C[C@H](CN1CCOCC1)NCCCOC1CCCC1. The molecule has 112 valence electrons. The Hall–Kier alpha value is -0.160. The Morgan fingerprint density at radius 1 is 1.26 bits per heavy atom. The van der Waals surface area contributed by atoms with E-state index >= 15 is 0 Å². The highest BCUT2D eigenvalue weighted by molar-refractivity contribution is 4.70. The Bertz CT molecular complexity index is 226. The molecule has 2 aliphatic rings. The van der Waals surface area contributed by atoms with E-state index in [4.69, 9.17) is 9.47 Å². The largest absolute Gasteiger partial charge is 0.379 e. The van der Waals surface area contributed by atoms with E-state index in [-0.39, 0.29) is 0 Å². The van der Waals surface area contributed by atoms with E-state index in [9.17, 15) is 0 Å². The second-order valence-corrected chi connectivity index (χ2v) is 5.90. The van der Waals surface area contributed by atoms with Crippen LogP contribution in [0, 0.1) is 0 Å². The van der Waals surface area contributed by atoms with Crippen LogP contribution in [0.4, 0.5) is 0 Å². The minimum atomic E-state index is 0.560. The maximum Gasteiger partial charge on any atom is 0.0594 e. The first kappa shape index (κ1) is 15.2. The van der Waals surface area contributed by atoms with Crippen LogP contribution in [0.3, 0.4) is 0 Å². The molecule has 4 nitrogen and oxygen atoms in total. The fraction of sp³-hybridized carbons (Fsp3) is 1.00. The van der Waals surface area contributed by atoms with Gasteiger partial charge in [0.15, 0.2) is 0 Å². The van der Waals surface area contributed by atoms with Crippen molar-refractivity contribution in [1.29, 1.82) is 0 Å². The lowest BCUT2D eigenvalue weighted by molar-refractivity contribution is 0.0338. The van der Waals surface area contributed by atoms with E-state index in [1.165, 1.54) is 25.7 Å². The standard InChI is InChI=1S/C15H30N2O2/c1-14(13-17-8-11-18-12-9-17)16-7-4-10-19-15-5-2-3-6-15/h14-16H,2-13H2,1H3/t14-/m1/s1. The summed E-state index contributed by atoms with van der Waals surface area (Å²) < 4.78 is 11.2. The summed E-state index contributed by atoms with van der Waals surface area (Å²) in [7, 11) is 0. The molecule has 1 heterocycles. The van der Waals surface area contributed by atoms with Crippen molar-refractivity contribution in [3.63, 3.8) is 0 Å². The zero-order valence-corrected chi connectivity index (χ0v) is 12.4. The first-order valence-corrected chi connectivity index (χ1v) is 7.99. The summed E-state index contributed by atoms with van der Waals surface area (Å²) in [5, 5.41) is 3.59. The van der Waals surface area contributed by atoms with Gasteiger partial charge in [0.2, 0.25) is 0 Å². The molecule has 0 unspecified atom stereocenters. The van der Waals surface area contributed by atoms with Gasteiger partial charge in [-0.15, -0.1) is 0 Å². The highest BCUT2D eigenvalue weighted by Gasteiger charge is 2.15. The smallest absolute Gasteiger partial charge is 0.0594 e. The molecule has 0 amide bonds. The molecule has 19 heavy (non-hydrogen) atoms. The van der Waals surface area contributed by atoms with Gasteiger partial charge in [-0.3, -0.25) is 4.90 Å². The van der Waals surface area contributed by atoms with Crippen LogP contribution in [0.25, 0.3) is 0 Å². The quantitative estimate of drug-likeness (QED) is 0.680. The van der Waals surface area contributed by atoms with Crippen molar-refractivity contribution in [2.75, 3.05) is 46.0 Å². The fourth-order valence-corrected chi connectivity index (χ4v) is 2.96. The van der Waals surface area contributed by atoms with Gasteiger partial charge >= 0.3 is 0 Å². The predicted molar refractivity (Wildman–Crippen MR) is 77.5 cm³/mol. The average molecular weight is 270 g/mol. The summed E-state index contributed by atoms with van der Waals surface area (Å²) >= 11 is 0. The molecule has 0 aromatic heterocycles.